The molecule has 298 valence electrons. The van der Waals surface area contributed by atoms with E-state index < -0.39 is 56.3 Å². The topological polar surface area (TPSA) is 107 Å². The first kappa shape index (κ1) is 40.7. The number of aliphatic hydroxyl groups excluding tert-OH is 2. The van der Waals surface area contributed by atoms with Crippen molar-refractivity contribution in [2.24, 2.45) is 17.8 Å². The zero-order chi connectivity index (χ0) is 41.0. The van der Waals surface area contributed by atoms with Crippen molar-refractivity contribution < 1.29 is 33.7 Å². The maximum Gasteiger partial charge on any atom is 0.261 e. The van der Waals surface area contributed by atoms with Crippen molar-refractivity contribution in [3.05, 3.63) is 168 Å². The number of para-hydroxylation sites is 1. The summed E-state index contributed by atoms with van der Waals surface area (Å²) in [6.45, 7) is 6.19. The number of benzene rings is 5. The van der Waals surface area contributed by atoms with Crippen LogP contribution in [0.5, 0.6) is 5.75 Å². The number of nitrogens with zero attached hydrogens (tertiary/aromatic N) is 1. The Morgan fingerprint density at radius 2 is 1.41 bits per heavy atom. The van der Waals surface area contributed by atoms with Gasteiger partial charge in [-0.25, -0.2) is 4.39 Å². The van der Waals surface area contributed by atoms with Gasteiger partial charge in [0.2, 0.25) is 11.8 Å². The van der Waals surface area contributed by atoms with Crippen LogP contribution in [0, 0.1) is 23.6 Å². The lowest BCUT2D eigenvalue weighted by Gasteiger charge is -2.44. The lowest BCUT2D eigenvalue weighted by Crippen LogP contribution is -2.66. The van der Waals surface area contributed by atoms with Gasteiger partial charge in [0.05, 0.1) is 36.8 Å². The number of carbonyl (C=O) groups is 2. The van der Waals surface area contributed by atoms with Crippen LogP contribution in [0.15, 0.2) is 151 Å². The summed E-state index contributed by atoms with van der Waals surface area (Å²) in [6, 6.07) is 43.1. The van der Waals surface area contributed by atoms with Crippen molar-refractivity contribution in [2.75, 3.05) is 18.1 Å². The Morgan fingerprint density at radius 1 is 0.845 bits per heavy atom. The average Bonchev–Trinajstić information content (AvgIpc) is 3.49. The molecule has 7 nitrogen and oxygen atoms in total. The van der Waals surface area contributed by atoms with Crippen molar-refractivity contribution in [1.82, 2.24) is 0 Å². The minimum Gasteiger partial charge on any atom is -0.505 e. The quantitative estimate of drug-likeness (QED) is 0.0485. The van der Waals surface area contributed by atoms with Crippen LogP contribution < -0.4 is 15.3 Å². The molecule has 58 heavy (non-hydrogen) atoms. The first-order valence-electron chi connectivity index (χ1n) is 19.9. The van der Waals surface area contributed by atoms with Crippen LogP contribution in [-0.2, 0) is 14.0 Å². The summed E-state index contributed by atoms with van der Waals surface area (Å²) in [5.41, 5.74) is 3.96. The van der Waals surface area contributed by atoms with Gasteiger partial charge in [-0.3, -0.25) is 14.5 Å². The fourth-order valence-electron chi connectivity index (χ4n) is 9.09. The molecule has 0 aromatic heterocycles. The summed E-state index contributed by atoms with van der Waals surface area (Å²) in [6.07, 6.45) is 1.47. The molecule has 5 aromatic carbocycles. The smallest absolute Gasteiger partial charge is 0.261 e. The average molecular weight is 796 g/mol. The number of halogens is 1. The fraction of sp³-hybridized carbons (Fsp3) is 0.265. The predicted molar refractivity (Wildman–Crippen MR) is 229 cm³/mol. The summed E-state index contributed by atoms with van der Waals surface area (Å²) in [5.74, 6) is -4.36. The van der Waals surface area contributed by atoms with E-state index in [1.165, 1.54) is 17.0 Å². The molecule has 1 fully saturated rings. The molecular weight excluding hydrogens is 746 g/mol. The van der Waals surface area contributed by atoms with Gasteiger partial charge in [0, 0.05) is 5.92 Å². The van der Waals surface area contributed by atoms with Crippen LogP contribution in [0.3, 0.4) is 0 Å². The van der Waals surface area contributed by atoms with E-state index in [0.29, 0.717) is 28.8 Å². The van der Waals surface area contributed by atoms with E-state index in [1.54, 1.807) is 30.3 Å². The molecule has 9 heteroatoms. The SMILES string of the molecule is CC(C)(C)[Si](OCC1=C([C@H](O)CC/C(=C/c2ccc(O)c(F)c2)c2ccccc2)[C@H](CO)[C@@H]2C(=O)N(c3ccccc3)C(=O)[C@@H]2C1)(c1ccccc1)c1ccccc1. The monoisotopic (exact) mass is 795 g/mol. The molecule has 7 rings (SSSR count). The van der Waals surface area contributed by atoms with Crippen LogP contribution in [-0.4, -0.2) is 54.8 Å². The predicted octanol–water partition coefficient (Wildman–Crippen LogP) is 7.90. The minimum absolute atomic E-state index is 0.0837. The summed E-state index contributed by atoms with van der Waals surface area (Å²) >= 11 is 0. The lowest BCUT2D eigenvalue weighted by atomic mass is 9.68. The molecule has 2 amide bonds. The molecular formula is C49H50FNO6Si. The van der Waals surface area contributed by atoms with Gasteiger partial charge in [-0.05, 0) is 86.8 Å². The fourth-order valence-corrected chi connectivity index (χ4v) is 13.6. The summed E-state index contributed by atoms with van der Waals surface area (Å²) in [5, 5.41) is 35.3. The number of rotatable bonds is 13. The number of aliphatic hydroxyl groups is 2. The van der Waals surface area contributed by atoms with Gasteiger partial charge in [0.1, 0.15) is 0 Å². The van der Waals surface area contributed by atoms with Crippen LogP contribution in [0.1, 0.15) is 51.2 Å². The number of phenols is 1. The molecule has 1 aliphatic heterocycles. The number of phenolic OH excluding ortho intramolecular Hbond substituents is 1. The number of hydrogen-bond donors (Lipinski definition) is 3. The molecule has 0 bridgehead atoms. The maximum absolute atomic E-state index is 14.5. The van der Waals surface area contributed by atoms with Crippen LogP contribution in [0.4, 0.5) is 10.1 Å². The minimum atomic E-state index is -3.09. The standard InChI is InChI=1S/C49H50FNO6Si/c1-49(2,3)58(38-20-12-6-13-21-38,39-22-14-7-15-23-39)57-32-36-30-40-46(48(56)51(47(40)55)37-18-10-5-11-19-37)41(31-52)45(36)44(54)27-25-35(34-16-8-4-9-17-34)28-33-24-26-43(53)42(50)29-33/h4-24,26,28-29,40-41,44,46,52-54H,25,27,30-32H2,1-3H3/b35-28-/t40-,41+,44-,46-/m1/s1. The van der Waals surface area contributed by atoms with Gasteiger partial charge in [-0.15, -0.1) is 0 Å². The van der Waals surface area contributed by atoms with E-state index in [1.807, 2.05) is 78.9 Å². The van der Waals surface area contributed by atoms with E-state index in [9.17, 15) is 29.3 Å². The van der Waals surface area contributed by atoms with E-state index in [4.69, 9.17) is 4.43 Å². The molecule has 0 unspecified atom stereocenters. The number of anilines is 1. The highest BCUT2D eigenvalue weighted by molar-refractivity contribution is 6.99. The molecule has 0 radical (unpaired) electrons. The normalized spacial score (nSPS) is 19.4. The zero-order valence-corrected chi connectivity index (χ0v) is 34.1. The molecule has 2 aliphatic rings. The van der Waals surface area contributed by atoms with Crippen molar-refractivity contribution >= 4 is 47.8 Å². The number of imide groups is 1. The zero-order valence-electron chi connectivity index (χ0n) is 33.1. The van der Waals surface area contributed by atoms with Crippen molar-refractivity contribution in [3.8, 4) is 5.75 Å². The lowest BCUT2D eigenvalue weighted by molar-refractivity contribution is -0.123. The Kier molecular flexibility index (Phi) is 12.1. The summed E-state index contributed by atoms with van der Waals surface area (Å²) < 4.78 is 21.9. The van der Waals surface area contributed by atoms with Gasteiger partial charge in [-0.2, -0.15) is 0 Å². The first-order valence-corrected chi connectivity index (χ1v) is 21.8. The number of carbonyl (C=O) groups excluding carboxylic acids is 2. The number of allylic oxidation sites excluding steroid dienone is 1. The Morgan fingerprint density at radius 3 is 1.97 bits per heavy atom. The van der Waals surface area contributed by atoms with Crippen molar-refractivity contribution in [2.45, 2.75) is 51.2 Å². The second-order valence-electron chi connectivity index (χ2n) is 16.3. The van der Waals surface area contributed by atoms with Gasteiger partial charge in [0.15, 0.2) is 11.6 Å². The first-order chi connectivity index (χ1) is 27.9. The second-order valence-corrected chi connectivity index (χ2v) is 20.6. The summed E-state index contributed by atoms with van der Waals surface area (Å²) in [7, 11) is -3.09. The third kappa shape index (κ3) is 7.87. The molecule has 1 aliphatic carbocycles. The maximum atomic E-state index is 14.5. The van der Waals surface area contributed by atoms with Gasteiger partial charge in [0.25, 0.3) is 8.32 Å². The number of amides is 2. The van der Waals surface area contributed by atoms with Crippen molar-refractivity contribution in [1.29, 1.82) is 0 Å². The van der Waals surface area contributed by atoms with E-state index >= 15 is 0 Å². The van der Waals surface area contributed by atoms with E-state index in [-0.39, 0.29) is 30.4 Å². The molecule has 4 atom stereocenters. The highest BCUT2D eigenvalue weighted by Gasteiger charge is 2.56. The second kappa shape index (κ2) is 17.2. The number of hydrogen-bond acceptors (Lipinski definition) is 6. The Labute approximate surface area is 340 Å². The Balaban J connectivity index is 1.31. The third-order valence-corrected chi connectivity index (χ3v) is 16.8. The van der Waals surface area contributed by atoms with Crippen molar-refractivity contribution in [3.63, 3.8) is 0 Å². The number of aromatic hydroxyl groups is 1. The Bertz CT molecular complexity index is 2250. The highest BCUT2D eigenvalue weighted by atomic mass is 28.4. The van der Waals surface area contributed by atoms with Crippen LogP contribution in [0.2, 0.25) is 5.04 Å². The largest absolute Gasteiger partial charge is 0.505 e. The van der Waals surface area contributed by atoms with E-state index in [2.05, 4.69) is 45.0 Å². The van der Waals surface area contributed by atoms with Gasteiger partial charge >= 0.3 is 0 Å². The summed E-state index contributed by atoms with van der Waals surface area (Å²) in [4.78, 5) is 29.8. The molecule has 5 aromatic rings. The molecule has 1 heterocycles. The Hall–Kier alpha value is -5.45. The van der Waals surface area contributed by atoms with Crippen LogP contribution >= 0.6 is 0 Å². The molecule has 0 spiro atoms. The van der Waals surface area contributed by atoms with Crippen LogP contribution in [0.25, 0.3) is 11.6 Å². The van der Waals surface area contributed by atoms with Gasteiger partial charge in [-0.1, -0.05) is 142 Å². The highest BCUT2D eigenvalue weighted by Crippen LogP contribution is 2.48. The van der Waals surface area contributed by atoms with Gasteiger partial charge < -0.3 is 19.7 Å². The number of fused-ring (bicyclic) bond motifs is 1. The molecule has 0 saturated carbocycles. The molecule has 3 N–H and O–H groups in total. The van der Waals surface area contributed by atoms with E-state index in [0.717, 1.165) is 21.5 Å². The molecule has 1 saturated heterocycles. The third-order valence-electron chi connectivity index (χ3n) is 11.8.